The van der Waals surface area contributed by atoms with Crippen molar-refractivity contribution in [1.82, 2.24) is 4.98 Å². The van der Waals surface area contributed by atoms with E-state index in [-0.39, 0.29) is 5.96 Å². The van der Waals surface area contributed by atoms with Gasteiger partial charge in [-0.15, -0.1) is 0 Å². The zero-order chi connectivity index (χ0) is 9.97. The quantitative estimate of drug-likeness (QED) is 0.518. The molecule has 1 aromatic carbocycles. The zero-order valence-corrected chi connectivity index (χ0v) is 7.51. The summed E-state index contributed by atoms with van der Waals surface area (Å²) in [5.74, 6) is 0.0568. The average Bonchev–Trinajstić information content (AvgIpc) is 2.18. The summed E-state index contributed by atoms with van der Waals surface area (Å²) in [7, 11) is 0. The second kappa shape index (κ2) is 3.33. The van der Waals surface area contributed by atoms with Crippen molar-refractivity contribution >= 4 is 22.5 Å². The number of aromatic nitrogens is 1. The standard InChI is InChI=1S/C10H10N4/c11-10(12)14-9-5-1-4-8-7(9)3-2-6-13-8/h1-6H,(H4,11,12,14). The zero-order valence-electron chi connectivity index (χ0n) is 7.51. The maximum atomic E-state index is 5.32. The van der Waals surface area contributed by atoms with Crippen LogP contribution in [0.15, 0.2) is 41.5 Å². The van der Waals surface area contributed by atoms with Gasteiger partial charge < -0.3 is 11.5 Å². The van der Waals surface area contributed by atoms with Crippen molar-refractivity contribution in [2.24, 2.45) is 16.5 Å². The second-order valence-electron chi connectivity index (χ2n) is 2.88. The van der Waals surface area contributed by atoms with Crippen molar-refractivity contribution in [3.8, 4) is 0 Å². The smallest absolute Gasteiger partial charge is 0.191 e. The normalized spacial score (nSPS) is 10.0. The lowest BCUT2D eigenvalue weighted by atomic mass is 10.2. The van der Waals surface area contributed by atoms with Gasteiger partial charge in [-0.25, -0.2) is 4.99 Å². The summed E-state index contributed by atoms with van der Waals surface area (Å²) in [5.41, 5.74) is 12.3. The number of guanidine groups is 1. The first-order valence-corrected chi connectivity index (χ1v) is 4.21. The summed E-state index contributed by atoms with van der Waals surface area (Å²) in [6.07, 6.45) is 1.74. The Kier molecular flexibility index (Phi) is 2.02. The molecule has 0 amide bonds. The van der Waals surface area contributed by atoms with Crippen LogP contribution in [0.5, 0.6) is 0 Å². The van der Waals surface area contributed by atoms with E-state index in [4.69, 9.17) is 11.5 Å². The first-order chi connectivity index (χ1) is 6.77. The van der Waals surface area contributed by atoms with E-state index in [2.05, 4.69) is 9.98 Å². The highest BCUT2D eigenvalue weighted by molar-refractivity contribution is 5.92. The fourth-order valence-electron chi connectivity index (χ4n) is 1.32. The van der Waals surface area contributed by atoms with E-state index in [0.717, 1.165) is 16.6 Å². The third-order valence-corrected chi connectivity index (χ3v) is 1.87. The molecule has 0 atom stereocenters. The third kappa shape index (κ3) is 1.50. The van der Waals surface area contributed by atoms with E-state index in [1.54, 1.807) is 6.20 Å². The molecule has 0 unspecified atom stereocenters. The molecule has 4 nitrogen and oxygen atoms in total. The first kappa shape index (κ1) is 8.50. The Bertz CT molecular complexity index is 481. The molecule has 0 radical (unpaired) electrons. The monoisotopic (exact) mass is 186 g/mol. The average molecular weight is 186 g/mol. The summed E-state index contributed by atoms with van der Waals surface area (Å²) in [4.78, 5) is 8.22. The molecule has 0 aliphatic heterocycles. The van der Waals surface area contributed by atoms with Crippen molar-refractivity contribution in [3.05, 3.63) is 36.5 Å². The predicted octanol–water partition coefficient (Wildman–Crippen LogP) is 1.14. The van der Waals surface area contributed by atoms with Crippen molar-refractivity contribution in [3.63, 3.8) is 0 Å². The van der Waals surface area contributed by atoms with Gasteiger partial charge in [0, 0.05) is 11.6 Å². The number of fused-ring (bicyclic) bond motifs is 1. The van der Waals surface area contributed by atoms with Gasteiger partial charge in [0.25, 0.3) is 0 Å². The van der Waals surface area contributed by atoms with Crippen molar-refractivity contribution in [2.75, 3.05) is 0 Å². The number of rotatable bonds is 1. The molecule has 2 aromatic rings. The number of hydrogen-bond donors (Lipinski definition) is 2. The fraction of sp³-hybridized carbons (Fsp3) is 0. The van der Waals surface area contributed by atoms with Crippen LogP contribution in [0.3, 0.4) is 0 Å². The molecule has 0 saturated carbocycles. The maximum Gasteiger partial charge on any atom is 0.191 e. The highest BCUT2D eigenvalue weighted by atomic mass is 15.0. The summed E-state index contributed by atoms with van der Waals surface area (Å²) in [5, 5.41) is 0.948. The third-order valence-electron chi connectivity index (χ3n) is 1.87. The SMILES string of the molecule is NC(N)=Nc1cccc2ncccc12. The van der Waals surface area contributed by atoms with Gasteiger partial charge in [0.05, 0.1) is 11.2 Å². The number of benzene rings is 1. The molecular weight excluding hydrogens is 176 g/mol. The molecule has 0 fully saturated rings. The molecule has 0 aliphatic carbocycles. The highest BCUT2D eigenvalue weighted by Gasteiger charge is 1.98. The van der Waals surface area contributed by atoms with Crippen LogP contribution in [0.4, 0.5) is 5.69 Å². The molecule has 0 aliphatic rings. The minimum absolute atomic E-state index is 0.0568. The minimum Gasteiger partial charge on any atom is -0.370 e. The van der Waals surface area contributed by atoms with E-state index in [1.165, 1.54) is 0 Å². The fourth-order valence-corrected chi connectivity index (χ4v) is 1.32. The predicted molar refractivity (Wildman–Crippen MR) is 57.2 cm³/mol. The summed E-state index contributed by atoms with van der Waals surface area (Å²) < 4.78 is 0. The van der Waals surface area contributed by atoms with Crippen LogP contribution in [-0.4, -0.2) is 10.9 Å². The van der Waals surface area contributed by atoms with Crippen molar-refractivity contribution < 1.29 is 0 Å². The minimum atomic E-state index is 0.0568. The Morgan fingerprint density at radius 1 is 1.14 bits per heavy atom. The molecule has 4 heteroatoms. The Labute approximate surface area is 81.3 Å². The van der Waals surface area contributed by atoms with Crippen LogP contribution in [0, 0.1) is 0 Å². The molecule has 0 saturated heterocycles. The molecule has 4 N–H and O–H groups in total. The Hall–Kier alpha value is -2.10. The van der Waals surface area contributed by atoms with E-state index in [1.807, 2.05) is 30.3 Å². The van der Waals surface area contributed by atoms with Gasteiger partial charge in [-0.3, -0.25) is 4.98 Å². The first-order valence-electron chi connectivity index (χ1n) is 4.21. The van der Waals surface area contributed by atoms with Gasteiger partial charge in [0.15, 0.2) is 5.96 Å². The van der Waals surface area contributed by atoms with E-state index in [9.17, 15) is 0 Å². The number of pyridine rings is 1. The molecule has 70 valence electrons. The van der Waals surface area contributed by atoms with Gasteiger partial charge in [0.1, 0.15) is 0 Å². The Morgan fingerprint density at radius 2 is 2.00 bits per heavy atom. The lowest BCUT2D eigenvalue weighted by Gasteiger charge is -2.00. The summed E-state index contributed by atoms with van der Waals surface area (Å²) in [6.45, 7) is 0. The molecule has 0 spiro atoms. The number of aliphatic imine (C=N–C) groups is 1. The second-order valence-corrected chi connectivity index (χ2v) is 2.88. The van der Waals surface area contributed by atoms with Crippen LogP contribution in [0.1, 0.15) is 0 Å². The van der Waals surface area contributed by atoms with Crippen LogP contribution in [0.2, 0.25) is 0 Å². The lowest BCUT2D eigenvalue weighted by Crippen LogP contribution is -2.21. The van der Waals surface area contributed by atoms with E-state index < -0.39 is 0 Å². The van der Waals surface area contributed by atoms with Crippen molar-refractivity contribution in [1.29, 1.82) is 0 Å². The number of nitrogens with two attached hydrogens (primary N) is 2. The van der Waals surface area contributed by atoms with Gasteiger partial charge in [-0.05, 0) is 24.3 Å². The van der Waals surface area contributed by atoms with E-state index >= 15 is 0 Å². The van der Waals surface area contributed by atoms with Crippen LogP contribution in [0.25, 0.3) is 10.9 Å². The largest absolute Gasteiger partial charge is 0.370 e. The summed E-state index contributed by atoms with van der Waals surface area (Å²) in [6, 6.07) is 9.43. The Morgan fingerprint density at radius 3 is 2.79 bits per heavy atom. The highest BCUT2D eigenvalue weighted by Crippen LogP contribution is 2.23. The van der Waals surface area contributed by atoms with Crippen molar-refractivity contribution in [2.45, 2.75) is 0 Å². The van der Waals surface area contributed by atoms with Gasteiger partial charge in [0.2, 0.25) is 0 Å². The summed E-state index contributed by atoms with van der Waals surface area (Å²) >= 11 is 0. The lowest BCUT2D eigenvalue weighted by molar-refractivity contribution is 1.39. The molecule has 14 heavy (non-hydrogen) atoms. The maximum absolute atomic E-state index is 5.32. The molecule has 0 bridgehead atoms. The molecule has 2 rings (SSSR count). The number of nitrogens with zero attached hydrogens (tertiary/aromatic N) is 2. The van der Waals surface area contributed by atoms with Gasteiger partial charge in [-0.2, -0.15) is 0 Å². The van der Waals surface area contributed by atoms with Crippen LogP contribution < -0.4 is 11.5 Å². The molecular formula is C10H10N4. The van der Waals surface area contributed by atoms with E-state index in [0.29, 0.717) is 0 Å². The van der Waals surface area contributed by atoms with Crippen LogP contribution in [-0.2, 0) is 0 Å². The Balaban J connectivity index is 2.71. The molecule has 1 aromatic heterocycles. The topological polar surface area (TPSA) is 77.3 Å². The number of hydrogen-bond acceptors (Lipinski definition) is 2. The van der Waals surface area contributed by atoms with Gasteiger partial charge in [-0.1, -0.05) is 6.07 Å². The van der Waals surface area contributed by atoms with Crippen LogP contribution >= 0.6 is 0 Å². The van der Waals surface area contributed by atoms with Gasteiger partial charge >= 0.3 is 0 Å². The molecule has 1 heterocycles.